The number of hydrogen-bond acceptors (Lipinski definition) is 4. The highest BCUT2D eigenvalue weighted by Gasteiger charge is 2.14. The van der Waals surface area contributed by atoms with E-state index in [1.54, 1.807) is 11.3 Å². The van der Waals surface area contributed by atoms with Crippen molar-refractivity contribution in [1.82, 2.24) is 15.3 Å². The number of H-pyrrole nitrogens is 1. The van der Waals surface area contributed by atoms with Gasteiger partial charge in [0.25, 0.3) is 0 Å². The van der Waals surface area contributed by atoms with E-state index in [1.807, 2.05) is 12.4 Å². The summed E-state index contributed by atoms with van der Waals surface area (Å²) in [6.45, 7) is 4.21. The number of rotatable bonds is 2. The Morgan fingerprint density at radius 2 is 2.19 bits per heavy atom. The van der Waals surface area contributed by atoms with Crippen molar-refractivity contribution in [3.05, 3.63) is 23.8 Å². The first-order valence-corrected chi connectivity index (χ1v) is 6.36. The summed E-state index contributed by atoms with van der Waals surface area (Å²) in [7, 11) is 0. The number of aromatic amines is 1. The van der Waals surface area contributed by atoms with Crippen molar-refractivity contribution >= 4 is 17.2 Å². The molecule has 2 aromatic heterocycles. The molecule has 2 aromatic rings. The summed E-state index contributed by atoms with van der Waals surface area (Å²) in [6, 6.07) is 2.06. The van der Waals surface area contributed by atoms with Crippen LogP contribution in [0.15, 0.2) is 23.8 Å². The summed E-state index contributed by atoms with van der Waals surface area (Å²) >= 11 is 1.71. The maximum absolute atomic E-state index is 4.67. The third kappa shape index (κ3) is 1.83. The lowest BCUT2D eigenvalue weighted by atomic mass is 10.3. The SMILES string of the molecule is c1cc(-c2nc(N3CCNCC3)cs2)c[nH]1. The second kappa shape index (κ2) is 4.27. The van der Waals surface area contributed by atoms with Gasteiger partial charge in [-0.25, -0.2) is 4.98 Å². The highest BCUT2D eigenvalue weighted by Crippen LogP contribution is 2.27. The van der Waals surface area contributed by atoms with Crippen molar-refractivity contribution in [1.29, 1.82) is 0 Å². The Kier molecular flexibility index (Phi) is 2.63. The monoisotopic (exact) mass is 234 g/mol. The standard InChI is InChI=1S/C11H14N4S/c1-2-13-7-9(1)11-14-10(8-16-11)15-5-3-12-4-6-15/h1-2,7-8,12-13H,3-6H2. The van der Waals surface area contributed by atoms with Gasteiger partial charge >= 0.3 is 0 Å². The molecule has 0 spiro atoms. The molecule has 1 saturated heterocycles. The molecule has 1 fully saturated rings. The molecule has 3 rings (SSSR count). The van der Waals surface area contributed by atoms with Crippen LogP contribution in [0.3, 0.4) is 0 Å². The fraction of sp³-hybridized carbons (Fsp3) is 0.364. The molecule has 1 aliphatic heterocycles. The van der Waals surface area contributed by atoms with Crippen LogP contribution < -0.4 is 10.2 Å². The quantitative estimate of drug-likeness (QED) is 0.828. The van der Waals surface area contributed by atoms with Gasteiger partial charge in [-0.05, 0) is 6.07 Å². The summed E-state index contributed by atoms with van der Waals surface area (Å²) < 4.78 is 0. The van der Waals surface area contributed by atoms with Gasteiger partial charge in [-0.2, -0.15) is 0 Å². The molecule has 84 valence electrons. The minimum absolute atomic E-state index is 1.05. The third-order valence-corrected chi connectivity index (χ3v) is 3.66. The van der Waals surface area contributed by atoms with Crippen molar-refractivity contribution in [2.75, 3.05) is 31.1 Å². The Hall–Kier alpha value is -1.33. The van der Waals surface area contributed by atoms with Crippen LogP contribution in [-0.2, 0) is 0 Å². The van der Waals surface area contributed by atoms with Crippen LogP contribution in [0.4, 0.5) is 5.82 Å². The average Bonchev–Trinajstić information content (AvgIpc) is 3.01. The van der Waals surface area contributed by atoms with E-state index >= 15 is 0 Å². The minimum atomic E-state index is 1.05. The maximum atomic E-state index is 4.67. The maximum Gasteiger partial charge on any atom is 0.140 e. The first-order valence-electron chi connectivity index (χ1n) is 5.48. The van der Waals surface area contributed by atoms with Crippen LogP contribution in [0.1, 0.15) is 0 Å². The van der Waals surface area contributed by atoms with E-state index in [0.29, 0.717) is 0 Å². The highest BCUT2D eigenvalue weighted by atomic mass is 32.1. The van der Waals surface area contributed by atoms with E-state index in [9.17, 15) is 0 Å². The molecular formula is C11H14N4S. The Balaban J connectivity index is 1.82. The molecule has 0 aliphatic carbocycles. The molecule has 16 heavy (non-hydrogen) atoms. The molecule has 0 unspecified atom stereocenters. The number of nitrogens with one attached hydrogen (secondary N) is 2. The Bertz CT molecular complexity index is 442. The lowest BCUT2D eigenvalue weighted by Crippen LogP contribution is -2.43. The minimum Gasteiger partial charge on any atom is -0.367 e. The number of piperazine rings is 1. The van der Waals surface area contributed by atoms with Crippen molar-refractivity contribution in [3.8, 4) is 10.6 Å². The molecule has 4 nitrogen and oxygen atoms in total. The van der Waals surface area contributed by atoms with Crippen LogP contribution in [0, 0.1) is 0 Å². The van der Waals surface area contributed by atoms with Crippen LogP contribution in [0.25, 0.3) is 10.6 Å². The molecule has 0 amide bonds. The first-order chi connectivity index (χ1) is 7.93. The summed E-state index contributed by atoms with van der Waals surface area (Å²) in [5, 5.41) is 6.59. The summed E-state index contributed by atoms with van der Waals surface area (Å²) in [5.41, 5.74) is 1.17. The topological polar surface area (TPSA) is 44.0 Å². The highest BCUT2D eigenvalue weighted by molar-refractivity contribution is 7.13. The van der Waals surface area contributed by atoms with Gasteiger partial charge in [0, 0.05) is 49.5 Å². The summed E-state index contributed by atoms with van der Waals surface area (Å²) in [5.74, 6) is 1.11. The van der Waals surface area contributed by atoms with Crippen molar-refractivity contribution < 1.29 is 0 Å². The smallest absolute Gasteiger partial charge is 0.140 e. The lowest BCUT2D eigenvalue weighted by Gasteiger charge is -2.27. The molecule has 3 heterocycles. The van der Waals surface area contributed by atoms with Crippen molar-refractivity contribution in [3.63, 3.8) is 0 Å². The molecule has 5 heteroatoms. The van der Waals surface area contributed by atoms with Gasteiger partial charge in [-0.1, -0.05) is 0 Å². The van der Waals surface area contributed by atoms with Gasteiger partial charge in [-0.15, -0.1) is 11.3 Å². The number of anilines is 1. The van der Waals surface area contributed by atoms with Crippen LogP contribution >= 0.6 is 11.3 Å². The fourth-order valence-electron chi connectivity index (χ4n) is 1.89. The molecule has 0 atom stereocenters. The van der Waals surface area contributed by atoms with E-state index in [1.165, 1.54) is 5.56 Å². The number of hydrogen-bond donors (Lipinski definition) is 2. The van der Waals surface area contributed by atoms with Gasteiger partial charge < -0.3 is 15.2 Å². The molecule has 0 radical (unpaired) electrons. The zero-order valence-corrected chi connectivity index (χ0v) is 9.76. The third-order valence-electron chi connectivity index (χ3n) is 2.78. The fourth-order valence-corrected chi connectivity index (χ4v) is 2.72. The van der Waals surface area contributed by atoms with E-state index < -0.39 is 0 Å². The molecule has 0 bridgehead atoms. The number of thiazole rings is 1. The Morgan fingerprint density at radius 3 is 2.94 bits per heavy atom. The second-order valence-corrected chi connectivity index (χ2v) is 4.71. The Labute approximate surface area is 98.3 Å². The predicted octanol–water partition coefficient (Wildman–Crippen LogP) is 1.55. The van der Waals surface area contributed by atoms with Gasteiger partial charge in [0.15, 0.2) is 0 Å². The van der Waals surface area contributed by atoms with Crippen molar-refractivity contribution in [2.45, 2.75) is 0 Å². The van der Waals surface area contributed by atoms with Gasteiger partial charge in [0.2, 0.25) is 0 Å². The lowest BCUT2D eigenvalue weighted by molar-refractivity contribution is 0.586. The molecular weight excluding hydrogens is 220 g/mol. The average molecular weight is 234 g/mol. The van der Waals surface area contributed by atoms with E-state index in [0.717, 1.165) is 37.0 Å². The molecule has 2 N–H and O–H groups in total. The molecule has 0 aromatic carbocycles. The van der Waals surface area contributed by atoms with Gasteiger partial charge in [0.05, 0.1) is 0 Å². The summed E-state index contributed by atoms with van der Waals surface area (Å²) in [6.07, 6.45) is 3.92. The predicted molar refractivity (Wildman–Crippen MR) is 67.0 cm³/mol. The van der Waals surface area contributed by atoms with Gasteiger partial charge in [-0.3, -0.25) is 0 Å². The molecule has 1 aliphatic rings. The zero-order valence-electron chi connectivity index (χ0n) is 8.94. The van der Waals surface area contributed by atoms with Gasteiger partial charge in [0.1, 0.15) is 10.8 Å². The van der Waals surface area contributed by atoms with Crippen molar-refractivity contribution in [2.24, 2.45) is 0 Å². The number of nitrogens with zero attached hydrogens (tertiary/aromatic N) is 2. The zero-order chi connectivity index (χ0) is 10.8. The largest absolute Gasteiger partial charge is 0.367 e. The normalized spacial score (nSPS) is 16.6. The first kappa shape index (κ1) is 9.86. The van der Waals surface area contributed by atoms with Crippen LogP contribution in [0.5, 0.6) is 0 Å². The number of aromatic nitrogens is 2. The second-order valence-electron chi connectivity index (χ2n) is 3.85. The molecule has 0 saturated carbocycles. The van der Waals surface area contributed by atoms with E-state index in [2.05, 4.69) is 31.6 Å². The summed E-state index contributed by atoms with van der Waals surface area (Å²) in [4.78, 5) is 10.1. The Morgan fingerprint density at radius 1 is 1.31 bits per heavy atom. The van der Waals surface area contributed by atoms with E-state index in [-0.39, 0.29) is 0 Å². The van der Waals surface area contributed by atoms with E-state index in [4.69, 9.17) is 0 Å². The van der Waals surface area contributed by atoms with Crippen LogP contribution in [-0.4, -0.2) is 36.1 Å². The van der Waals surface area contributed by atoms with Crippen LogP contribution in [0.2, 0.25) is 0 Å².